The van der Waals surface area contributed by atoms with Gasteiger partial charge in [-0.15, -0.1) is 0 Å². The molecular weight excluding hydrogens is 292 g/mol. The number of rotatable bonds is 10. The fourth-order valence-corrected chi connectivity index (χ4v) is 2.55. The van der Waals surface area contributed by atoms with Crippen LogP contribution in [0.15, 0.2) is 12.7 Å². The standard InChI is InChI=1S/C19H34O4/c1-9-15(20)22-12-13-23-16(21)19(8,18(6,7)11-3)14-17(4,5)10-2/h9H,1,10-14H2,2-8H3. The lowest BCUT2D eigenvalue weighted by atomic mass is 9.58. The topological polar surface area (TPSA) is 52.6 Å². The van der Waals surface area contributed by atoms with Crippen LogP contribution in [0.25, 0.3) is 0 Å². The summed E-state index contributed by atoms with van der Waals surface area (Å²) in [4.78, 5) is 23.8. The Morgan fingerprint density at radius 1 is 0.957 bits per heavy atom. The molecule has 0 saturated carbocycles. The first kappa shape index (κ1) is 21.7. The minimum absolute atomic E-state index is 0.0511. The van der Waals surface area contributed by atoms with Crippen molar-refractivity contribution in [3.05, 3.63) is 12.7 Å². The molecular formula is C19H34O4. The molecule has 0 aliphatic rings. The highest BCUT2D eigenvalue weighted by Crippen LogP contribution is 2.50. The van der Waals surface area contributed by atoms with Crippen molar-refractivity contribution in [3.63, 3.8) is 0 Å². The maximum absolute atomic E-state index is 12.8. The number of carbonyl (C=O) groups excluding carboxylic acids is 2. The fourth-order valence-electron chi connectivity index (χ4n) is 2.55. The highest BCUT2D eigenvalue weighted by molar-refractivity contribution is 5.81. The SMILES string of the molecule is C=CC(=O)OCCOC(=O)C(C)(CC(C)(C)CC)C(C)(C)CC. The Morgan fingerprint density at radius 2 is 1.48 bits per heavy atom. The molecule has 4 heteroatoms. The molecule has 0 bridgehead atoms. The fraction of sp³-hybridized carbons (Fsp3) is 0.789. The first-order valence-electron chi connectivity index (χ1n) is 8.42. The molecule has 0 N–H and O–H groups in total. The van der Waals surface area contributed by atoms with E-state index in [1.54, 1.807) is 0 Å². The van der Waals surface area contributed by atoms with E-state index in [0.29, 0.717) is 0 Å². The molecule has 0 aromatic carbocycles. The van der Waals surface area contributed by atoms with Crippen molar-refractivity contribution in [2.45, 2.75) is 67.7 Å². The van der Waals surface area contributed by atoms with Gasteiger partial charge in [-0.1, -0.05) is 54.5 Å². The van der Waals surface area contributed by atoms with Gasteiger partial charge in [0.25, 0.3) is 0 Å². The van der Waals surface area contributed by atoms with Crippen LogP contribution in [-0.4, -0.2) is 25.2 Å². The average molecular weight is 326 g/mol. The van der Waals surface area contributed by atoms with Gasteiger partial charge in [-0.3, -0.25) is 4.79 Å². The molecule has 0 spiro atoms. The quantitative estimate of drug-likeness (QED) is 0.336. The van der Waals surface area contributed by atoms with Crippen LogP contribution in [0, 0.1) is 16.2 Å². The zero-order valence-corrected chi connectivity index (χ0v) is 16.0. The average Bonchev–Trinajstić information content (AvgIpc) is 2.50. The Kier molecular flexibility index (Phi) is 8.02. The molecule has 0 aliphatic carbocycles. The van der Waals surface area contributed by atoms with Gasteiger partial charge < -0.3 is 9.47 Å². The third-order valence-corrected chi connectivity index (χ3v) is 5.34. The lowest BCUT2D eigenvalue weighted by Gasteiger charge is -2.45. The van der Waals surface area contributed by atoms with Crippen LogP contribution in [0.5, 0.6) is 0 Å². The van der Waals surface area contributed by atoms with E-state index in [2.05, 4.69) is 48.1 Å². The maximum Gasteiger partial charge on any atom is 0.330 e. The maximum atomic E-state index is 12.8. The van der Waals surface area contributed by atoms with Crippen LogP contribution in [0.2, 0.25) is 0 Å². The summed E-state index contributed by atoms with van der Waals surface area (Å²) < 4.78 is 10.3. The largest absolute Gasteiger partial charge is 0.462 e. The van der Waals surface area contributed by atoms with Crippen LogP contribution in [0.4, 0.5) is 0 Å². The second-order valence-electron chi connectivity index (χ2n) is 7.77. The first-order valence-corrected chi connectivity index (χ1v) is 8.42. The molecule has 1 unspecified atom stereocenters. The normalized spacial score (nSPS) is 14.7. The van der Waals surface area contributed by atoms with Crippen LogP contribution >= 0.6 is 0 Å². The van der Waals surface area contributed by atoms with Crippen molar-refractivity contribution in [1.82, 2.24) is 0 Å². The van der Waals surface area contributed by atoms with E-state index < -0.39 is 11.4 Å². The van der Waals surface area contributed by atoms with Crippen molar-refractivity contribution < 1.29 is 19.1 Å². The van der Waals surface area contributed by atoms with Gasteiger partial charge in [-0.05, 0) is 30.6 Å². The minimum atomic E-state index is -0.594. The molecule has 0 aromatic heterocycles. The third-order valence-electron chi connectivity index (χ3n) is 5.34. The van der Waals surface area contributed by atoms with E-state index in [1.165, 1.54) is 0 Å². The predicted molar refractivity (Wildman–Crippen MR) is 93.0 cm³/mol. The van der Waals surface area contributed by atoms with Crippen molar-refractivity contribution in [3.8, 4) is 0 Å². The zero-order chi connectivity index (χ0) is 18.3. The van der Waals surface area contributed by atoms with Gasteiger partial charge in [-0.2, -0.15) is 0 Å². The van der Waals surface area contributed by atoms with E-state index in [9.17, 15) is 9.59 Å². The number of hydrogen-bond acceptors (Lipinski definition) is 4. The molecule has 0 aromatic rings. The second kappa shape index (κ2) is 8.51. The summed E-state index contributed by atoms with van der Waals surface area (Å²) in [6.07, 6.45) is 3.72. The first-order chi connectivity index (χ1) is 10.5. The molecule has 1 atom stereocenters. The molecule has 0 amide bonds. The van der Waals surface area contributed by atoms with Gasteiger partial charge in [0, 0.05) is 6.08 Å². The third kappa shape index (κ3) is 6.00. The summed E-state index contributed by atoms with van der Waals surface area (Å²) in [7, 11) is 0. The zero-order valence-electron chi connectivity index (χ0n) is 16.0. The van der Waals surface area contributed by atoms with E-state index in [4.69, 9.17) is 9.47 Å². The molecule has 0 aliphatic heterocycles. The Bertz CT molecular complexity index is 423. The predicted octanol–water partition coefficient (Wildman–Crippen LogP) is 4.53. The lowest BCUT2D eigenvalue weighted by Crippen LogP contribution is -2.46. The summed E-state index contributed by atoms with van der Waals surface area (Å²) in [6, 6.07) is 0. The van der Waals surface area contributed by atoms with Crippen molar-refractivity contribution in [1.29, 1.82) is 0 Å². The molecule has 134 valence electrons. The van der Waals surface area contributed by atoms with Crippen LogP contribution < -0.4 is 0 Å². The summed E-state index contributed by atoms with van der Waals surface area (Å²) in [5.41, 5.74) is -0.729. The van der Waals surface area contributed by atoms with Crippen molar-refractivity contribution in [2.75, 3.05) is 13.2 Å². The summed E-state index contributed by atoms with van der Waals surface area (Å²) >= 11 is 0. The van der Waals surface area contributed by atoms with Gasteiger partial charge in [-0.25, -0.2) is 4.79 Å². The van der Waals surface area contributed by atoms with Gasteiger partial charge >= 0.3 is 11.9 Å². The highest BCUT2D eigenvalue weighted by Gasteiger charge is 2.49. The van der Waals surface area contributed by atoms with Gasteiger partial charge in [0.15, 0.2) is 0 Å². The smallest absolute Gasteiger partial charge is 0.330 e. The molecule has 4 nitrogen and oxygen atoms in total. The minimum Gasteiger partial charge on any atom is -0.462 e. The number of esters is 2. The van der Waals surface area contributed by atoms with Crippen LogP contribution in [0.3, 0.4) is 0 Å². The van der Waals surface area contributed by atoms with E-state index >= 15 is 0 Å². The van der Waals surface area contributed by atoms with Crippen LogP contribution in [-0.2, 0) is 19.1 Å². The molecule has 0 rings (SSSR count). The Hall–Kier alpha value is -1.32. The van der Waals surface area contributed by atoms with Crippen molar-refractivity contribution in [2.24, 2.45) is 16.2 Å². The van der Waals surface area contributed by atoms with Gasteiger partial charge in [0.2, 0.25) is 0 Å². The van der Waals surface area contributed by atoms with E-state index in [1.807, 2.05) is 6.92 Å². The molecule has 23 heavy (non-hydrogen) atoms. The Labute approximate surface area is 141 Å². The monoisotopic (exact) mass is 326 g/mol. The number of ether oxygens (including phenoxy) is 2. The van der Waals surface area contributed by atoms with Crippen molar-refractivity contribution >= 4 is 11.9 Å². The van der Waals surface area contributed by atoms with E-state index in [-0.39, 0.29) is 30.0 Å². The number of carbonyl (C=O) groups is 2. The number of hydrogen-bond donors (Lipinski definition) is 0. The summed E-state index contributed by atoms with van der Waals surface area (Å²) in [6.45, 7) is 18.2. The second-order valence-corrected chi connectivity index (χ2v) is 7.77. The molecule has 0 fully saturated rings. The molecule has 0 saturated heterocycles. The van der Waals surface area contributed by atoms with Crippen LogP contribution in [0.1, 0.15) is 67.7 Å². The van der Waals surface area contributed by atoms with Gasteiger partial charge in [0.1, 0.15) is 13.2 Å². The summed E-state index contributed by atoms with van der Waals surface area (Å²) in [5, 5.41) is 0. The highest BCUT2D eigenvalue weighted by atomic mass is 16.6. The van der Waals surface area contributed by atoms with Gasteiger partial charge in [0.05, 0.1) is 5.41 Å². The molecule has 0 heterocycles. The Morgan fingerprint density at radius 3 is 1.91 bits per heavy atom. The Balaban J connectivity index is 5.04. The summed E-state index contributed by atoms with van der Waals surface area (Å²) in [5.74, 6) is -0.731. The lowest BCUT2D eigenvalue weighted by molar-refractivity contribution is -0.169. The molecule has 0 radical (unpaired) electrons. The van der Waals surface area contributed by atoms with E-state index in [0.717, 1.165) is 25.3 Å².